The molecule has 0 saturated carbocycles. The van der Waals surface area contributed by atoms with Crippen molar-refractivity contribution in [2.45, 2.75) is 0 Å². The number of hydrogen-bond donors (Lipinski definition) is 1. The van der Waals surface area contributed by atoms with Gasteiger partial charge in [-0.25, -0.2) is 9.59 Å². The number of phenolic OH excluding ortho intramolecular Hbond substituents is 1. The lowest BCUT2D eigenvalue weighted by Crippen LogP contribution is -2.14. The molecule has 0 aliphatic carbocycles. The minimum absolute atomic E-state index is 0.0924. The molecule has 2 aromatic carbocycles. The molecule has 5 nitrogen and oxygen atoms in total. The molecule has 0 saturated heterocycles. The quantitative estimate of drug-likeness (QED) is 0.604. The number of hydrogen-bond acceptors (Lipinski definition) is 6. The van der Waals surface area contributed by atoms with Crippen LogP contribution in [0.4, 0.5) is 0 Å². The van der Waals surface area contributed by atoms with Crippen molar-refractivity contribution in [1.82, 2.24) is 0 Å². The van der Waals surface area contributed by atoms with Gasteiger partial charge in [-0.1, -0.05) is 29.3 Å². The van der Waals surface area contributed by atoms with Crippen molar-refractivity contribution in [2.24, 2.45) is 0 Å². The van der Waals surface area contributed by atoms with E-state index in [1.807, 2.05) is 0 Å². The lowest BCUT2D eigenvalue weighted by molar-refractivity contribution is 0.0553. The summed E-state index contributed by atoms with van der Waals surface area (Å²) >= 11 is 13.4. The second-order valence-corrected chi connectivity index (χ2v) is 6.98. The van der Waals surface area contributed by atoms with Crippen LogP contribution in [-0.4, -0.2) is 31.3 Å². The Morgan fingerprint density at radius 1 is 1.00 bits per heavy atom. The fourth-order valence-corrected chi connectivity index (χ4v) is 3.98. The SMILES string of the molecule is COC(=O)c1c(C(=O)OC)c(-c2ccc(Cl)c(Cl)c2)c2sccc2c1O. The van der Waals surface area contributed by atoms with Gasteiger partial charge in [0.05, 0.1) is 29.8 Å². The molecule has 26 heavy (non-hydrogen) atoms. The van der Waals surface area contributed by atoms with Crippen molar-refractivity contribution in [3.63, 3.8) is 0 Å². The third-order valence-electron chi connectivity index (χ3n) is 3.87. The van der Waals surface area contributed by atoms with E-state index in [2.05, 4.69) is 0 Å². The van der Waals surface area contributed by atoms with Gasteiger partial charge in [0, 0.05) is 15.6 Å². The van der Waals surface area contributed by atoms with Crippen molar-refractivity contribution >= 4 is 56.6 Å². The first-order valence-corrected chi connectivity index (χ1v) is 8.92. The molecule has 0 aliphatic heterocycles. The minimum atomic E-state index is -0.850. The summed E-state index contributed by atoms with van der Waals surface area (Å²) in [4.78, 5) is 24.8. The molecule has 1 aromatic heterocycles. The molecule has 1 heterocycles. The molecule has 0 aliphatic rings. The third kappa shape index (κ3) is 2.90. The topological polar surface area (TPSA) is 72.8 Å². The zero-order chi connectivity index (χ0) is 19.0. The van der Waals surface area contributed by atoms with E-state index in [1.54, 1.807) is 29.6 Å². The molecule has 0 atom stereocenters. The summed E-state index contributed by atoms with van der Waals surface area (Å²) in [5.41, 5.74) is 0.618. The van der Waals surface area contributed by atoms with Crippen LogP contribution in [0.2, 0.25) is 10.0 Å². The maximum absolute atomic E-state index is 12.5. The molecule has 0 radical (unpaired) electrons. The summed E-state index contributed by atoms with van der Waals surface area (Å²) < 4.78 is 10.2. The number of ether oxygens (including phenoxy) is 2. The molecule has 0 spiro atoms. The minimum Gasteiger partial charge on any atom is -0.506 e. The van der Waals surface area contributed by atoms with Crippen molar-refractivity contribution in [3.8, 4) is 16.9 Å². The van der Waals surface area contributed by atoms with Gasteiger partial charge in [0.25, 0.3) is 0 Å². The van der Waals surface area contributed by atoms with Crippen LogP contribution in [0.25, 0.3) is 21.2 Å². The number of benzene rings is 2. The number of phenols is 1. The lowest BCUT2D eigenvalue weighted by Gasteiger charge is -2.16. The average Bonchev–Trinajstić information content (AvgIpc) is 3.12. The predicted molar refractivity (Wildman–Crippen MR) is 102 cm³/mol. The highest BCUT2D eigenvalue weighted by Crippen LogP contribution is 2.45. The summed E-state index contributed by atoms with van der Waals surface area (Å²) in [6.45, 7) is 0. The molecular formula is C18H12Cl2O5S. The summed E-state index contributed by atoms with van der Waals surface area (Å²) in [6, 6.07) is 6.50. The largest absolute Gasteiger partial charge is 0.506 e. The smallest absolute Gasteiger partial charge is 0.342 e. The molecular weight excluding hydrogens is 399 g/mol. The van der Waals surface area contributed by atoms with Crippen LogP contribution < -0.4 is 0 Å². The molecule has 3 aromatic rings. The van der Waals surface area contributed by atoms with E-state index in [-0.39, 0.29) is 21.9 Å². The van der Waals surface area contributed by atoms with Gasteiger partial charge in [0.1, 0.15) is 11.3 Å². The van der Waals surface area contributed by atoms with Crippen LogP contribution >= 0.6 is 34.5 Å². The normalized spacial score (nSPS) is 10.8. The lowest BCUT2D eigenvalue weighted by atomic mass is 9.92. The van der Waals surface area contributed by atoms with Crippen LogP contribution in [0.5, 0.6) is 5.75 Å². The van der Waals surface area contributed by atoms with Crippen molar-refractivity contribution in [2.75, 3.05) is 14.2 Å². The Morgan fingerprint density at radius 2 is 1.65 bits per heavy atom. The molecule has 0 amide bonds. The van der Waals surface area contributed by atoms with E-state index in [0.29, 0.717) is 26.2 Å². The Bertz CT molecular complexity index is 1040. The number of carbonyl (C=O) groups excluding carboxylic acids is 2. The molecule has 3 rings (SSSR count). The molecule has 0 unspecified atom stereocenters. The third-order valence-corrected chi connectivity index (χ3v) is 5.54. The Morgan fingerprint density at radius 3 is 2.27 bits per heavy atom. The van der Waals surface area contributed by atoms with Gasteiger partial charge in [-0.05, 0) is 29.1 Å². The van der Waals surface area contributed by atoms with E-state index in [1.165, 1.54) is 25.6 Å². The maximum Gasteiger partial charge on any atom is 0.342 e. The zero-order valence-electron chi connectivity index (χ0n) is 13.6. The van der Waals surface area contributed by atoms with E-state index >= 15 is 0 Å². The number of halogens is 2. The van der Waals surface area contributed by atoms with Gasteiger partial charge < -0.3 is 14.6 Å². The van der Waals surface area contributed by atoms with Crippen LogP contribution in [0, 0.1) is 0 Å². The standard InChI is InChI=1S/C18H12Cl2O5S/c1-24-17(22)13-12(8-3-4-10(19)11(20)7-8)16-9(5-6-26-16)15(21)14(13)18(23)25-2/h3-7,21H,1-2H3. The van der Waals surface area contributed by atoms with E-state index in [0.717, 1.165) is 0 Å². The van der Waals surface area contributed by atoms with E-state index in [9.17, 15) is 14.7 Å². The number of methoxy groups -OCH3 is 2. The molecule has 1 N–H and O–H groups in total. The van der Waals surface area contributed by atoms with Crippen LogP contribution in [0.15, 0.2) is 29.6 Å². The van der Waals surface area contributed by atoms with Gasteiger partial charge in [-0.2, -0.15) is 0 Å². The highest BCUT2D eigenvalue weighted by atomic mass is 35.5. The molecule has 0 fully saturated rings. The number of aromatic hydroxyl groups is 1. The van der Waals surface area contributed by atoms with Gasteiger partial charge in [-0.3, -0.25) is 0 Å². The van der Waals surface area contributed by atoms with E-state index < -0.39 is 11.9 Å². The fraction of sp³-hybridized carbons (Fsp3) is 0.111. The Kier molecular flexibility index (Phi) is 5.09. The first kappa shape index (κ1) is 18.5. The van der Waals surface area contributed by atoms with Gasteiger partial charge in [0.15, 0.2) is 0 Å². The molecule has 134 valence electrons. The Labute approximate surface area is 162 Å². The highest BCUT2D eigenvalue weighted by molar-refractivity contribution is 7.18. The van der Waals surface area contributed by atoms with Gasteiger partial charge in [-0.15, -0.1) is 11.3 Å². The molecule has 0 bridgehead atoms. The predicted octanol–water partition coefficient (Wildman–Crippen LogP) is 5.15. The number of rotatable bonds is 3. The van der Waals surface area contributed by atoms with Crippen LogP contribution in [0.1, 0.15) is 20.7 Å². The summed E-state index contributed by atoms with van der Waals surface area (Å²) in [7, 11) is 2.36. The monoisotopic (exact) mass is 410 g/mol. The van der Waals surface area contributed by atoms with Gasteiger partial charge in [0.2, 0.25) is 0 Å². The van der Waals surface area contributed by atoms with Crippen LogP contribution in [-0.2, 0) is 9.47 Å². The number of carbonyl (C=O) groups is 2. The fourth-order valence-electron chi connectivity index (χ4n) is 2.71. The van der Waals surface area contributed by atoms with E-state index in [4.69, 9.17) is 32.7 Å². The summed E-state index contributed by atoms with van der Waals surface area (Å²) in [6.07, 6.45) is 0. The number of esters is 2. The first-order chi connectivity index (χ1) is 12.4. The first-order valence-electron chi connectivity index (χ1n) is 7.28. The zero-order valence-corrected chi connectivity index (χ0v) is 16.0. The van der Waals surface area contributed by atoms with Crippen molar-refractivity contribution in [1.29, 1.82) is 0 Å². The molecule has 8 heteroatoms. The Hall–Kier alpha value is -2.28. The highest BCUT2D eigenvalue weighted by Gasteiger charge is 2.30. The number of fused-ring (bicyclic) bond motifs is 1. The number of thiophene rings is 1. The summed E-state index contributed by atoms with van der Waals surface area (Å²) in [5.74, 6) is -1.97. The second kappa shape index (κ2) is 7.15. The maximum atomic E-state index is 12.5. The van der Waals surface area contributed by atoms with Crippen molar-refractivity contribution < 1.29 is 24.2 Å². The summed E-state index contributed by atoms with van der Waals surface area (Å²) in [5, 5.41) is 13.4. The van der Waals surface area contributed by atoms with Gasteiger partial charge >= 0.3 is 11.9 Å². The van der Waals surface area contributed by atoms with Crippen LogP contribution in [0.3, 0.4) is 0 Å². The average molecular weight is 411 g/mol. The van der Waals surface area contributed by atoms with Crippen molar-refractivity contribution in [3.05, 3.63) is 50.8 Å². The second-order valence-electron chi connectivity index (χ2n) is 5.25. The Balaban J connectivity index is 2.52.